The molecule has 98 valence electrons. The van der Waals surface area contributed by atoms with Crippen molar-refractivity contribution in [3.63, 3.8) is 0 Å². The number of ether oxygens (including phenoxy) is 1. The number of amides is 1. The van der Waals surface area contributed by atoms with Gasteiger partial charge in [0, 0.05) is 5.69 Å². The quantitative estimate of drug-likeness (QED) is 0.670. The molecule has 4 nitrogen and oxygen atoms in total. The number of alkyl halides is 2. The Kier molecular flexibility index (Phi) is 5.95. The molecule has 0 aliphatic heterocycles. The first-order chi connectivity index (χ1) is 8.54. The number of halogens is 2. The van der Waals surface area contributed by atoms with E-state index in [0.717, 1.165) is 6.42 Å². The Morgan fingerprint density at radius 3 is 2.72 bits per heavy atom. The molecule has 0 bridgehead atoms. The lowest BCUT2D eigenvalue weighted by atomic mass is 10.2. The Labute approximate surface area is 115 Å². The fraction of sp³-hybridized carbons (Fsp3) is 0.333. The monoisotopic (exact) mass is 289 g/mol. The van der Waals surface area contributed by atoms with Crippen LogP contribution >= 0.6 is 23.2 Å². The second-order valence-corrected chi connectivity index (χ2v) is 4.60. The van der Waals surface area contributed by atoms with E-state index >= 15 is 0 Å². The first-order valence-electron chi connectivity index (χ1n) is 5.40. The lowest BCUT2D eigenvalue weighted by molar-refractivity contribution is -0.114. The summed E-state index contributed by atoms with van der Waals surface area (Å²) in [4.78, 5) is 21.7. The molecule has 0 aliphatic rings. The molecule has 0 atom stereocenters. The molecule has 0 spiro atoms. The van der Waals surface area contributed by atoms with Gasteiger partial charge in [0.1, 0.15) is 0 Å². The summed E-state index contributed by atoms with van der Waals surface area (Å²) in [5.74, 6) is -0.973. The van der Waals surface area contributed by atoms with E-state index in [1.54, 1.807) is 18.2 Å². The number of hydrogen-bond donors (Lipinski definition) is 1. The van der Waals surface area contributed by atoms with E-state index in [2.05, 4.69) is 5.32 Å². The van der Waals surface area contributed by atoms with E-state index in [0.29, 0.717) is 17.9 Å². The minimum Gasteiger partial charge on any atom is -0.462 e. The largest absolute Gasteiger partial charge is 0.462 e. The van der Waals surface area contributed by atoms with Crippen LogP contribution in [0.5, 0.6) is 0 Å². The predicted octanol–water partition coefficient (Wildman–Crippen LogP) is 3.00. The summed E-state index contributed by atoms with van der Waals surface area (Å²) in [6.07, 6.45) is 0.752. The first-order valence-corrected chi connectivity index (χ1v) is 6.28. The summed E-state index contributed by atoms with van der Waals surface area (Å²) < 4.78 is 4.98. The molecule has 1 aromatic rings. The summed E-state index contributed by atoms with van der Waals surface area (Å²) in [6, 6.07) is 6.37. The summed E-state index contributed by atoms with van der Waals surface area (Å²) >= 11 is 10.8. The van der Waals surface area contributed by atoms with E-state index in [-0.39, 0.29) is 0 Å². The van der Waals surface area contributed by atoms with Gasteiger partial charge in [0.25, 0.3) is 5.91 Å². The highest BCUT2D eigenvalue weighted by atomic mass is 35.5. The highest BCUT2D eigenvalue weighted by Gasteiger charge is 2.13. The average molecular weight is 290 g/mol. The van der Waals surface area contributed by atoms with Gasteiger partial charge in [-0.3, -0.25) is 4.79 Å². The predicted molar refractivity (Wildman–Crippen MR) is 71.1 cm³/mol. The van der Waals surface area contributed by atoms with Crippen LogP contribution in [-0.4, -0.2) is 23.3 Å². The van der Waals surface area contributed by atoms with Gasteiger partial charge in [-0.25, -0.2) is 4.79 Å². The van der Waals surface area contributed by atoms with Crippen molar-refractivity contribution in [1.82, 2.24) is 0 Å². The molecule has 1 N–H and O–H groups in total. The van der Waals surface area contributed by atoms with Crippen molar-refractivity contribution in [2.45, 2.75) is 18.2 Å². The zero-order chi connectivity index (χ0) is 13.5. The SMILES string of the molecule is CCCOC(=O)c1cccc(NC(=O)C(Cl)Cl)c1. The Bertz CT molecular complexity index is 435. The molecular formula is C12H13Cl2NO3. The van der Waals surface area contributed by atoms with Gasteiger partial charge in [-0.1, -0.05) is 36.2 Å². The van der Waals surface area contributed by atoms with Crippen LogP contribution in [0.2, 0.25) is 0 Å². The number of benzene rings is 1. The fourth-order valence-electron chi connectivity index (χ4n) is 1.20. The number of rotatable bonds is 5. The molecule has 18 heavy (non-hydrogen) atoms. The minimum absolute atomic E-state index is 0.362. The number of hydrogen-bond acceptors (Lipinski definition) is 3. The molecule has 0 saturated heterocycles. The molecule has 0 aliphatic carbocycles. The van der Waals surface area contributed by atoms with Crippen molar-refractivity contribution in [3.05, 3.63) is 29.8 Å². The van der Waals surface area contributed by atoms with Gasteiger partial charge in [0.05, 0.1) is 12.2 Å². The van der Waals surface area contributed by atoms with Crippen molar-refractivity contribution in [3.8, 4) is 0 Å². The van der Waals surface area contributed by atoms with Crippen LogP contribution in [0, 0.1) is 0 Å². The van der Waals surface area contributed by atoms with Gasteiger partial charge >= 0.3 is 5.97 Å². The van der Waals surface area contributed by atoms with E-state index in [1.165, 1.54) is 6.07 Å². The van der Waals surface area contributed by atoms with E-state index in [4.69, 9.17) is 27.9 Å². The van der Waals surface area contributed by atoms with E-state index in [9.17, 15) is 9.59 Å². The molecule has 0 fully saturated rings. The van der Waals surface area contributed by atoms with Crippen molar-refractivity contribution in [1.29, 1.82) is 0 Å². The molecule has 0 aromatic heterocycles. The highest BCUT2D eigenvalue weighted by Crippen LogP contribution is 2.14. The summed E-state index contributed by atoms with van der Waals surface area (Å²) in [5.41, 5.74) is 0.805. The van der Waals surface area contributed by atoms with Crippen molar-refractivity contribution >= 4 is 40.8 Å². The molecule has 0 radical (unpaired) electrons. The maximum absolute atomic E-state index is 11.6. The van der Waals surface area contributed by atoms with Gasteiger partial charge in [0.2, 0.25) is 0 Å². The number of carbonyl (C=O) groups is 2. The third-order valence-corrected chi connectivity index (χ3v) is 2.40. The Hall–Kier alpha value is -1.26. The van der Waals surface area contributed by atoms with Gasteiger partial charge in [-0.15, -0.1) is 0 Å². The second kappa shape index (κ2) is 7.24. The van der Waals surface area contributed by atoms with Crippen LogP contribution in [0.4, 0.5) is 5.69 Å². The van der Waals surface area contributed by atoms with Crippen LogP contribution in [-0.2, 0) is 9.53 Å². The standard InChI is InChI=1S/C12H13Cl2NO3/c1-2-6-18-12(17)8-4-3-5-9(7-8)15-11(16)10(13)14/h3-5,7,10H,2,6H2,1H3,(H,15,16). The van der Waals surface area contributed by atoms with Gasteiger partial charge in [-0.2, -0.15) is 0 Å². The molecule has 0 unspecified atom stereocenters. The third-order valence-electron chi connectivity index (χ3n) is 2.00. The average Bonchev–Trinajstić information content (AvgIpc) is 2.36. The third kappa shape index (κ3) is 4.55. The second-order valence-electron chi connectivity index (χ2n) is 3.51. The summed E-state index contributed by atoms with van der Waals surface area (Å²) in [6.45, 7) is 2.27. The zero-order valence-electron chi connectivity index (χ0n) is 9.78. The van der Waals surface area contributed by atoms with Crippen molar-refractivity contribution in [2.75, 3.05) is 11.9 Å². The van der Waals surface area contributed by atoms with E-state index in [1.807, 2.05) is 6.92 Å². The maximum Gasteiger partial charge on any atom is 0.338 e. The van der Waals surface area contributed by atoms with Gasteiger partial charge < -0.3 is 10.1 Å². The topological polar surface area (TPSA) is 55.4 Å². The van der Waals surface area contributed by atoms with Crippen LogP contribution in [0.15, 0.2) is 24.3 Å². The Morgan fingerprint density at radius 2 is 2.11 bits per heavy atom. The zero-order valence-corrected chi connectivity index (χ0v) is 11.3. The lowest BCUT2D eigenvalue weighted by Crippen LogP contribution is -2.18. The smallest absolute Gasteiger partial charge is 0.338 e. The number of carbonyl (C=O) groups excluding carboxylic acids is 2. The normalized spacial score (nSPS) is 10.2. The highest BCUT2D eigenvalue weighted by molar-refractivity contribution is 6.54. The van der Waals surface area contributed by atoms with Gasteiger partial charge in [-0.05, 0) is 24.6 Å². The molecule has 1 aromatic carbocycles. The summed E-state index contributed by atoms with van der Waals surface area (Å²) in [5, 5.41) is 2.48. The van der Waals surface area contributed by atoms with Crippen LogP contribution in [0.1, 0.15) is 23.7 Å². The Balaban J connectivity index is 2.73. The Morgan fingerprint density at radius 1 is 1.39 bits per heavy atom. The fourth-order valence-corrected chi connectivity index (χ4v) is 1.31. The number of esters is 1. The van der Waals surface area contributed by atoms with Gasteiger partial charge in [0.15, 0.2) is 4.84 Å². The molecule has 0 saturated carbocycles. The number of nitrogens with one attached hydrogen (secondary N) is 1. The van der Waals surface area contributed by atoms with Crippen LogP contribution in [0.3, 0.4) is 0 Å². The maximum atomic E-state index is 11.6. The number of anilines is 1. The molecule has 1 amide bonds. The lowest BCUT2D eigenvalue weighted by Gasteiger charge is -2.07. The van der Waals surface area contributed by atoms with Crippen LogP contribution in [0.25, 0.3) is 0 Å². The summed E-state index contributed by atoms with van der Waals surface area (Å²) in [7, 11) is 0. The van der Waals surface area contributed by atoms with Crippen LogP contribution < -0.4 is 5.32 Å². The van der Waals surface area contributed by atoms with Crippen molar-refractivity contribution < 1.29 is 14.3 Å². The minimum atomic E-state index is -1.15. The first kappa shape index (κ1) is 14.8. The van der Waals surface area contributed by atoms with Crippen molar-refractivity contribution in [2.24, 2.45) is 0 Å². The molecule has 6 heteroatoms. The molecular weight excluding hydrogens is 277 g/mol. The molecule has 1 rings (SSSR count). The van der Waals surface area contributed by atoms with E-state index < -0.39 is 16.7 Å². The molecule has 0 heterocycles.